The van der Waals surface area contributed by atoms with E-state index in [4.69, 9.17) is 13.6 Å². The van der Waals surface area contributed by atoms with Crippen molar-refractivity contribution in [2.45, 2.75) is 0 Å². The first-order valence-corrected chi connectivity index (χ1v) is 9.84. The molecule has 0 heterocycles. The van der Waals surface area contributed by atoms with Gasteiger partial charge >= 0.3 is 7.82 Å². The fourth-order valence-corrected chi connectivity index (χ4v) is 3.11. The molecule has 0 atom stereocenters. The van der Waals surface area contributed by atoms with Crippen LogP contribution in [0, 0.1) is 0 Å². The molecule has 0 saturated carbocycles. The van der Waals surface area contributed by atoms with E-state index in [9.17, 15) is 4.57 Å². The van der Waals surface area contributed by atoms with Gasteiger partial charge in [-0.3, -0.25) is 0 Å². The molecule has 5 heteroatoms. The van der Waals surface area contributed by atoms with Crippen LogP contribution in [-0.4, -0.2) is 0 Å². The molecule has 0 saturated heterocycles. The smallest absolute Gasteiger partial charge is 0.394 e. The summed E-state index contributed by atoms with van der Waals surface area (Å²) < 4.78 is 29.2. The summed E-state index contributed by atoms with van der Waals surface area (Å²) in [5.74, 6) is 0.391. The van der Waals surface area contributed by atoms with Crippen LogP contribution >= 0.6 is 7.82 Å². The van der Waals surface area contributed by atoms with Crippen molar-refractivity contribution in [3.05, 3.63) is 115 Å². The normalized spacial score (nSPS) is 13.3. The summed E-state index contributed by atoms with van der Waals surface area (Å²) in [5, 5.41) is 0. The van der Waals surface area contributed by atoms with Crippen LogP contribution in [0.5, 0.6) is 5.75 Å². The van der Waals surface area contributed by atoms with Gasteiger partial charge in [-0.2, -0.15) is 4.57 Å². The number of phosphoric acid groups is 1. The van der Waals surface area contributed by atoms with Crippen LogP contribution in [0.15, 0.2) is 104 Å². The van der Waals surface area contributed by atoms with Gasteiger partial charge in [0.25, 0.3) is 0 Å². The second kappa shape index (κ2) is 9.46. The van der Waals surface area contributed by atoms with E-state index < -0.39 is 7.82 Å². The van der Waals surface area contributed by atoms with Gasteiger partial charge in [0.05, 0.1) is 12.5 Å². The summed E-state index contributed by atoms with van der Waals surface area (Å²) in [4.78, 5) is 0. The molecule has 0 spiro atoms. The molecule has 0 bridgehead atoms. The van der Waals surface area contributed by atoms with Gasteiger partial charge in [-0.05, 0) is 35.4 Å². The lowest BCUT2D eigenvalue weighted by Gasteiger charge is -2.15. The highest BCUT2D eigenvalue weighted by molar-refractivity contribution is 7.49. The third-order valence-corrected chi connectivity index (χ3v) is 4.65. The Bertz CT molecular complexity index is 867. The SMILES string of the molecule is O=P(OC=Cc1ccccc1)(OC=Cc1ccccc1)Oc1ccccc1. The van der Waals surface area contributed by atoms with Crippen LogP contribution < -0.4 is 4.52 Å². The zero-order chi connectivity index (χ0) is 18.8. The van der Waals surface area contributed by atoms with Crippen molar-refractivity contribution in [1.29, 1.82) is 0 Å². The Morgan fingerprint density at radius 3 is 1.44 bits per heavy atom. The van der Waals surface area contributed by atoms with Gasteiger partial charge < -0.3 is 13.6 Å². The van der Waals surface area contributed by atoms with E-state index in [0.29, 0.717) is 5.75 Å². The Morgan fingerprint density at radius 1 is 0.593 bits per heavy atom. The van der Waals surface area contributed by atoms with Gasteiger partial charge in [0.2, 0.25) is 0 Å². The van der Waals surface area contributed by atoms with Crippen molar-refractivity contribution in [2.24, 2.45) is 0 Å². The Kier molecular flexibility index (Phi) is 6.50. The second-order valence-electron chi connectivity index (χ2n) is 5.49. The summed E-state index contributed by atoms with van der Waals surface area (Å²) in [6.45, 7) is 0. The highest BCUT2D eigenvalue weighted by atomic mass is 31.2. The Labute approximate surface area is 159 Å². The highest BCUT2D eigenvalue weighted by Crippen LogP contribution is 2.50. The summed E-state index contributed by atoms with van der Waals surface area (Å²) in [6, 6.07) is 27.8. The third kappa shape index (κ3) is 6.21. The summed E-state index contributed by atoms with van der Waals surface area (Å²) >= 11 is 0. The number of hydrogen-bond acceptors (Lipinski definition) is 4. The van der Waals surface area contributed by atoms with Gasteiger partial charge in [-0.25, -0.2) is 0 Å². The van der Waals surface area contributed by atoms with Crippen LogP contribution in [0.3, 0.4) is 0 Å². The zero-order valence-electron chi connectivity index (χ0n) is 14.5. The van der Waals surface area contributed by atoms with Crippen molar-refractivity contribution in [3.8, 4) is 5.75 Å². The van der Waals surface area contributed by atoms with E-state index in [1.807, 2.05) is 66.7 Å². The van der Waals surface area contributed by atoms with Gasteiger partial charge in [-0.15, -0.1) is 0 Å². The van der Waals surface area contributed by atoms with Crippen LogP contribution in [-0.2, 0) is 13.6 Å². The number of hydrogen-bond donors (Lipinski definition) is 0. The molecular formula is C22H19O4P. The van der Waals surface area contributed by atoms with E-state index in [0.717, 1.165) is 11.1 Å². The molecule has 0 aliphatic rings. The molecule has 0 aliphatic carbocycles. The van der Waals surface area contributed by atoms with Gasteiger partial charge in [0.1, 0.15) is 5.75 Å². The standard InChI is InChI=1S/C22H19O4P/c23-27(26-22-14-8-3-9-15-22,24-18-16-20-10-4-1-5-11-20)25-19-17-21-12-6-2-7-13-21/h1-19H. The molecule has 0 fully saturated rings. The predicted molar refractivity (Wildman–Crippen MR) is 108 cm³/mol. The summed E-state index contributed by atoms with van der Waals surface area (Å²) in [5.41, 5.74) is 1.81. The largest absolute Gasteiger partial charge is 0.645 e. The molecule has 0 amide bonds. The van der Waals surface area contributed by atoms with Gasteiger partial charge in [0.15, 0.2) is 0 Å². The average molecular weight is 378 g/mol. The Hall–Kier alpha value is -3.23. The fraction of sp³-hybridized carbons (Fsp3) is 0. The van der Waals surface area contributed by atoms with E-state index in [1.54, 1.807) is 36.4 Å². The van der Waals surface area contributed by atoms with E-state index >= 15 is 0 Å². The van der Waals surface area contributed by atoms with E-state index in [2.05, 4.69) is 0 Å². The number of benzene rings is 3. The highest BCUT2D eigenvalue weighted by Gasteiger charge is 2.29. The van der Waals surface area contributed by atoms with Crippen LogP contribution in [0.4, 0.5) is 0 Å². The lowest BCUT2D eigenvalue weighted by atomic mass is 10.2. The lowest BCUT2D eigenvalue weighted by Crippen LogP contribution is -1.96. The average Bonchev–Trinajstić information content (AvgIpc) is 2.70. The summed E-state index contributed by atoms with van der Waals surface area (Å²) in [7, 11) is -3.89. The van der Waals surface area contributed by atoms with Crippen LogP contribution in [0.25, 0.3) is 12.2 Å². The van der Waals surface area contributed by atoms with E-state index in [1.165, 1.54) is 12.5 Å². The van der Waals surface area contributed by atoms with Gasteiger partial charge in [0, 0.05) is 0 Å². The van der Waals surface area contributed by atoms with Crippen molar-refractivity contribution in [1.82, 2.24) is 0 Å². The number of para-hydroxylation sites is 1. The van der Waals surface area contributed by atoms with Crippen LogP contribution in [0.2, 0.25) is 0 Å². The first-order valence-electron chi connectivity index (χ1n) is 8.38. The molecule has 0 aliphatic heterocycles. The van der Waals surface area contributed by atoms with Crippen molar-refractivity contribution < 1.29 is 18.1 Å². The second-order valence-corrected chi connectivity index (χ2v) is 6.99. The minimum atomic E-state index is -3.89. The maximum atomic E-state index is 13.0. The van der Waals surface area contributed by atoms with E-state index in [-0.39, 0.29) is 0 Å². The van der Waals surface area contributed by atoms with Gasteiger partial charge in [-0.1, -0.05) is 78.9 Å². The predicted octanol–water partition coefficient (Wildman–Crippen LogP) is 6.55. The molecule has 3 aromatic carbocycles. The molecule has 0 unspecified atom stereocenters. The van der Waals surface area contributed by atoms with Crippen molar-refractivity contribution in [3.63, 3.8) is 0 Å². The maximum Gasteiger partial charge on any atom is 0.645 e. The molecule has 4 nitrogen and oxygen atoms in total. The molecule has 136 valence electrons. The first-order chi connectivity index (χ1) is 13.2. The van der Waals surface area contributed by atoms with Crippen LogP contribution in [0.1, 0.15) is 11.1 Å². The maximum absolute atomic E-state index is 13.0. The quantitative estimate of drug-likeness (QED) is 0.329. The monoisotopic (exact) mass is 378 g/mol. The zero-order valence-corrected chi connectivity index (χ0v) is 15.4. The minimum absolute atomic E-state index is 0.391. The van der Waals surface area contributed by atoms with Crippen molar-refractivity contribution >= 4 is 20.0 Å². The Balaban J connectivity index is 1.72. The molecule has 3 rings (SSSR count). The minimum Gasteiger partial charge on any atom is -0.394 e. The molecule has 3 aromatic rings. The summed E-state index contributed by atoms with van der Waals surface area (Å²) in [6.07, 6.45) is 6.00. The lowest BCUT2D eigenvalue weighted by molar-refractivity contribution is 0.253. The third-order valence-electron chi connectivity index (χ3n) is 3.46. The molecule has 0 aromatic heterocycles. The molecule has 27 heavy (non-hydrogen) atoms. The number of rotatable bonds is 8. The molecular weight excluding hydrogens is 359 g/mol. The number of phosphoric ester groups is 1. The molecule has 0 N–H and O–H groups in total. The molecule has 0 radical (unpaired) electrons. The topological polar surface area (TPSA) is 44.8 Å². The fourth-order valence-electron chi connectivity index (χ4n) is 2.17. The Morgan fingerprint density at radius 2 is 1.00 bits per heavy atom. The first kappa shape index (κ1) is 18.6. The van der Waals surface area contributed by atoms with Crippen molar-refractivity contribution in [2.75, 3.05) is 0 Å².